The fourth-order valence-electron chi connectivity index (χ4n) is 4.45. The maximum absolute atomic E-state index is 15.4. The summed E-state index contributed by atoms with van der Waals surface area (Å²) in [5.74, 6) is -0.785. The number of aromatic nitrogens is 2. The van der Waals surface area contributed by atoms with Crippen LogP contribution in [0.5, 0.6) is 0 Å². The van der Waals surface area contributed by atoms with Gasteiger partial charge in [-0.3, -0.25) is 0 Å². The van der Waals surface area contributed by atoms with Crippen molar-refractivity contribution in [2.24, 2.45) is 5.92 Å². The molecule has 2 aromatic rings. The van der Waals surface area contributed by atoms with E-state index in [1.807, 2.05) is 0 Å². The van der Waals surface area contributed by atoms with E-state index in [9.17, 15) is 34.8 Å². The summed E-state index contributed by atoms with van der Waals surface area (Å²) < 4.78 is 116. The lowest BCUT2D eigenvalue weighted by atomic mass is 9.86. The molecule has 2 N–H and O–H groups in total. The number of halogens is 7. The number of nitrogens with one attached hydrogen (secondary N) is 2. The molecule has 2 aliphatic carbocycles. The Kier molecular flexibility index (Phi) is 8.07. The van der Waals surface area contributed by atoms with E-state index in [2.05, 4.69) is 15.3 Å². The molecule has 1 heterocycles. The quantitative estimate of drug-likeness (QED) is 0.403. The minimum absolute atomic E-state index is 0.00898. The number of alkyl halides is 6. The summed E-state index contributed by atoms with van der Waals surface area (Å²) in [5, 5.41) is 2.92. The van der Waals surface area contributed by atoms with E-state index in [0.29, 0.717) is 18.4 Å². The van der Waals surface area contributed by atoms with Crippen molar-refractivity contribution in [2.75, 3.05) is 16.8 Å². The third kappa shape index (κ3) is 6.84. The zero-order valence-corrected chi connectivity index (χ0v) is 20.8. The first-order chi connectivity index (χ1) is 17.7. The molecule has 0 spiro atoms. The van der Waals surface area contributed by atoms with Crippen LogP contribution in [0, 0.1) is 11.7 Å². The fourth-order valence-corrected chi connectivity index (χ4v) is 5.26. The Hall–Kier alpha value is -2.68. The molecular weight excluding hydrogens is 543 g/mol. The van der Waals surface area contributed by atoms with Crippen molar-refractivity contribution >= 4 is 21.7 Å². The van der Waals surface area contributed by atoms with Gasteiger partial charge in [-0.25, -0.2) is 23.1 Å². The highest BCUT2D eigenvalue weighted by Crippen LogP contribution is 2.36. The summed E-state index contributed by atoms with van der Waals surface area (Å²) >= 11 is 0. The van der Waals surface area contributed by atoms with Crippen LogP contribution in [0.1, 0.15) is 49.7 Å². The molecule has 1 aromatic carbocycles. The van der Waals surface area contributed by atoms with Crippen LogP contribution in [0.15, 0.2) is 30.6 Å². The number of anilines is 2. The van der Waals surface area contributed by atoms with Crippen molar-refractivity contribution in [3.8, 4) is 0 Å². The highest BCUT2D eigenvalue weighted by Gasteiger charge is 2.47. The van der Waals surface area contributed by atoms with Crippen molar-refractivity contribution in [1.82, 2.24) is 14.7 Å². The number of benzene rings is 1. The number of sulfonamides is 1. The average Bonchev–Trinajstić information content (AvgIpc) is 3.67. The maximum Gasteiger partial charge on any atom is 0.511 e. The Morgan fingerprint density at radius 2 is 1.55 bits per heavy atom. The van der Waals surface area contributed by atoms with Crippen molar-refractivity contribution in [3.05, 3.63) is 47.5 Å². The second-order valence-corrected chi connectivity index (χ2v) is 11.3. The molecule has 0 radical (unpaired) electrons. The van der Waals surface area contributed by atoms with E-state index < -0.39 is 39.1 Å². The largest absolute Gasteiger partial charge is 0.511 e. The van der Waals surface area contributed by atoms with E-state index in [-0.39, 0.29) is 49.5 Å². The number of hydrogen-bond donors (Lipinski definition) is 2. The molecular formula is C23H26F7N5O2S. The molecule has 0 saturated heterocycles. The highest BCUT2D eigenvalue weighted by molar-refractivity contribution is 7.90. The van der Waals surface area contributed by atoms with E-state index >= 15 is 4.39 Å². The summed E-state index contributed by atoms with van der Waals surface area (Å²) in [6, 6.07) is 3.82. The van der Waals surface area contributed by atoms with Crippen molar-refractivity contribution in [2.45, 2.75) is 68.8 Å². The van der Waals surface area contributed by atoms with Crippen LogP contribution >= 0.6 is 0 Å². The van der Waals surface area contributed by atoms with Gasteiger partial charge in [0, 0.05) is 25.2 Å². The lowest BCUT2D eigenvalue weighted by Crippen LogP contribution is -2.44. The molecule has 2 saturated carbocycles. The second kappa shape index (κ2) is 10.8. The number of hydrogen-bond acceptors (Lipinski definition) is 6. The summed E-state index contributed by atoms with van der Waals surface area (Å²) in [4.78, 5) is 9.73. The predicted octanol–water partition coefficient (Wildman–Crippen LogP) is 5.21. The Morgan fingerprint density at radius 3 is 2.11 bits per heavy atom. The van der Waals surface area contributed by atoms with E-state index in [1.54, 1.807) is 9.62 Å². The molecule has 0 atom stereocenters. The van der Waals surface area contributed by atoms with Crippen molar-refractivity contribution in [3.63, 3.8) is 0 Å². The van der Waals surface area contributed by atoms with Gasteiger partial charge in [-0.05, 0) is 62.1 Å². The maximum atomic E-state index is 15.4. The van der Waals surface area contributed by atoms with Gasteiger partial charge in [-0.15, -0.1) is 0 Å². The predicted molar refractivity (Wildman–Crippen MR) is 125 cm³/mol. The Labute approximate surface area is 214 Å². The fraction of sp³-hybridized carbons (Fsp3) is 0.565. The molecule has 38 heavy (non-hydrogen) atoms. The van der Waals surface area contributed by atoms with Gasteiger partial charge in [0.15, 0.2) is 11.6 Å². The normalized spacial score (nSPS) is 20.8. The third-order valence-electron chi connectivity index (χ3n) is 6.70. The first-order valence-electron chi connectivity index (χ1n) is 12.0. The molecule has 210 valence electrons. The van der Waals surface area contributed by atoms with Crippen LogP contribution in [-0.4, -0.2) is 42.5 Å². The zero-order chi connectivity index (χ0) is 27.7. The van der Waals surface area contributed by atoms with Gasteiger partial charge in [0.25, 0.3) is 0 Å². The van der Waals surface area contributed by atoms with E-state index in [0.717, 1.165) is 25.0 Å². The molecule has 0 bridgehead atoms. The van der Waals surface area contributed by atoms with Crippen molar-refractivity contribution < 1.29 is 39.2 Å². The standard InChI is InChI=1S/C23H26F7N5O2S/c24-19-20(31-11-14-3-7-17(8-4-14)34-38(36,37)23(28,29)30)32-13-33-21(19)35(18-9-10-18)12-15-1-5-16(6-2-15)22(25,26)27/h1-2,5-6,13-14,17-18,34H,3-4,7-12H2,(H,31,32,33)/t14-,17-. The topological polar surface area (TPSA) is 87.2 Å². The van der Waals surface area contributed by atoms with Crippen LogP contribution in [0.25, 0.3) is 0 Å². The first kappa shape index (κ1) is 28.3. The molecule has 1 aromatic heterocycles. The minimum atomic E-state index is -5.41. The van der Waals surface area contributed by atoms with Gasteiger partial charge in [0.05, 0.1) is 5.56 Å². The third-order valence-corrected chi connectivity index (χ3v) is 7.95. The summed E-state index contributed by atoms with van der Waals surface area (Å²) in [5.41, 5.74) is -5.57. The molecule has 2 aliphatic rings. The lowest BCUT2D eigenvalue weighted by molar-refractivity contribution is -0.137. The van der Waals surface area contributed by atoms with Gasteiger partial charge in [-0.1, -0.05) is 12.1 Å². The van der Waals surface area contributed by atoms with E-state index in [1.165, 1.54) is 18.5 Å². The van der Waals surface area contributed by atoms with Gasteiger partial charge in [-0.2, -0.15) is 30.7 Å². The molecule has 4 rings (SSSR count). The smallest absolute Gasteiger partial charge is 0.367 e. The molecule has 7 nitrogen and oxygen atoms in total. The highest BCUT2D eigenvalue weighted by atomic mass is 32.2. The number of rotatable bonds is 9. The Morgan fingerprint density at radius 1 is 0.921 bits per heavy atom. The number of nitrogens with zero attached hydrogens (tertiary/aromatic N) is 3. The molecule has 0 unspecified atom stereocenters. The van der Waals surface area contributed by atoms with Gasteiger partial charge in [0.1, 0.15) is 6.33 Å². The monoisotopic (exact) mass is 569 g/mol. The Balaban J connectivity index is 1.36. The van der Waals surface area contributed by atoms with Crippen LogP contribution in [0.3, 0.4) is 0 Å². The summed E-state index contributed by atoms with van der Waals surface area (Å²) in [6.07, 6.45) is -0.415. The molecule has 0 aliphatic heterocycles. The minimum Gasteiger partial charge on any atom is -0.367 e. The molecule has 0 amide bonds. The Bertz CT molecular complexity index is 1210. The van der Waals surface area contributed by atoms with Crippen LogP contribution in [0.2, 0.25) is 0 Å². The van der Waals surface area contributed by atoms with Gasteiger partial charge < -0.3 is 10.2 Å². The van der Waals surface area contributed by atoms with Gasteiger partial charge >= 0.3 is 21.7 Å². The SMILES string of the molecule is O=S(=O)(N[C@H]1CC[C@H](CNc2ncnc(N(Cc3ccc(C(F)(F)F)cc3)C3CC3)c2F)CC1)C(F)(F)F. The zero-order valence-electron chi connectivity index (χ0n) is 20.0. The van der Waals surface area contributed by atoms with Crippen LogP contribution < -0.4 is 14.9 Å². The van der Waals surface area contributed by atoms with Crippen LogP contribution in [-0.2, 0) is 22.7 Å². The first-order valence-corrected chi connectivity index (χ1v) is 13.5. The molecule has 15 heteroatoms. The summed E-state index contributed by atoms with van der Waals surface area (Å²) in [6.45, 7) is 0.433. The van der Waals surface area contributed by atoms with E-state index in [4.69, 9.17) is 0 Å². The van der Waals surface area contributed by atoms with Crippen molar-refractivity contribution in [1.29, 1.82) is 0 Å². The van der Waals surface area contributed by atoms with Crippen LogP contribution in [0.4, 0.5) is 42.4 Å². The second-order valence-electron chi connectivity index (χ2n) is 9.58. The average molecular weight is 570 g/mol. The molecule has 2 fully saturated rings. The summed E-state index contributed by atoms with van der Waals surface area (Å²) in [7, 11) is -5.41. The van der Waals surface area contributed by atoms with Gasteiger partial charge in [0.2, 0.25) is 5.82 Å². The lowest BCUT2D eigenvalue weighted by Gasteiger charge is -2.29.